The Labute approximate surface area is 285 Å². The minimum Gasteiger partial charge on any atom is -0.542 e. The molecule has 0 saturated heterocycles. The van der Waals surface area contributed by atoms with Crippen LogP contribution in [0.2, 0.25) is 16.6 Å². The van der Waals surface area contributed by atoms with E-state index in [0.717, 1.165) is 56.2 Å². The van der Waals surface area contributed by atoms with E-state index in [-0.39, 0.29) is 5.41 Å². The maximum atomic E-state index is 7.50. The lowest BCUT2D eigenvalue weighted by Crippen LogP contribution is -2.50. The summed E-state index contributed by atoms with van der Waals surface area (Å²) in [4.78, 5) is 0. The second-order valence-electron chi connectivity index (χ2n) is 15.2. The first-order valence-corrected chi connectivity index (χ1v) is 20.2. The molecule has 1 aliphatic rings. The third kappa shape index (κ3) is 6.61. The minimum absolute atomic E-state index is 0.277. The number of rotatable bonds is 10. The zero-order valence-electron chi connectivity index (χ0n) is 30.6. The molecule has 252 valence electrons. The molecule has 0 atom stereocenters. The topological polar surface area (TPSA) is 46.2 Å². The van der Waals surface area contributed by atoms with E-state index < -0.39 is 16.9 Å². The van der Waals surface area contributed by atoms with Crippen molar-refractivity contribution < 1.29 is 22.7 Å². The van der Waals surface area contributed by atoms with Crippen molar-refractivity contribution >= 4 is 27.7 Å². The molecule has 0 bridgehead atoms. The largest absolute Gasteiger partial charge is 0.542 e. The molecule has 4 aromatic rings. The fourth-order valence-electron chi connectivity index (χ4n) is 7.45. The van der Waals surface area contributed by atoms with E-state index >= 15 is 0 Å². The molecule has 0 N–H and O–H groups in total. The molecule has 5 nitrogen and oxygen atoms in total. The summed E-state index contributed by atoms with van der Waals surface area (Å²) in [6, 6.07) is 20.9. The fourth-order valence-corrected chi connectivity index (χ4v) is 13.8. The van der Waals surface area contributed by atoms with E-state index in [2.05, 4.69) is 119 Å². The van der Waals surface area contributed by atoms with Crippen LogP contribution in [-0.4, -0.2) is 15.4 Å². The molecule has 1 aliphatic heterocycles. The Hall–Kier alpha value is -3.21. The van der Waals surface area contributed by atoms with Crippen LogP contribution in [0.15, 0.2) is 60.7 Å². The Kier molecular flexibility index (Phi) is 9.98. The summed E-state index contributed by atoms with van der Waals surface area (Å²) in [6.45, 7) is 27.3. The van der Waals surface area contributed by atoms with Gasteiger partial charge in [-0.05, 0) is 87.8 Å². The van der Waals surface area contributed by atoms with Gasteiger partial charge in [-0.2, -0.15) is 0 Å². The third-order valence-corrected chi connectivity index (χ3v) is 16.7. The van der Waals surface area contributed by atoms with Crippen molar-refractivity contribution in [1.82, 2.24) is 0 Å². The number of methoxy groups -OCH3 is 1. The smallest absolute Gasteiger partial charge is 0.530 e. The summed E-state index contributed by atoms with van der Waals surface area (Å²) >= 11 is 0. The summed E-state index contributed by atoms with van der Waals surface area (Å²) in [5, 5.41) is 2.04. The molecule has 0 aliphatic carbocycles. The van der Waals surface area contributed by atoms with Crippen molar-refractivity contribution in [2.75, 3.05) is 7.11 Å². The van der Waals surface area contributed by atoms with Gasteiger partial charge in [-0.15, -0.1) is 0 Å². The van der Waals surface area contributed by atoms with Crippen LogP contribution in [0.3, 0.4) is 0 Å². The first kappa shape index (κ1) is 35.1. The van der Waals surface area contributed by atoms with Gasteiger partial charge in [0.1, 0.15) is 28.7 Å². The van der Waals surface area contributed by atoms with Crippen LogP contribution >= 0.6 is 8.60 Å². The average Bonchev–Trinajstić information content (AvgIpc) is 2.99. The number of aryl methyl sites for hydroxylation is 1. The van der Waals surface area contributed by atoms with Crippen molar-refractivity contribution in [2.45, 2.75) is 111 Å². The second-order valence-corrected chi connectivity index (χ2v) is 21.6. The zero-order chi connectivity index (χ0) is 34.4. The molecular formula is C40H53O5PSi. The van der Waals surface area contributed by atoms with Crippen LogP contribution in [0.5, 0.6) is 28.7 Å². The highest BCUT2D eigenvalue weighted by molar-refractivity contribution is 7.43. The van der Waals surface area contributed by atoms with Gasteiger partial charge in [-0.25, -0.2) is 0 Å². The van der Waals surface area contributed by atoms with E-state index in [4.69, 9.17) is 22.7 Å². The maximum absolute atomic E-state index is 7.50. The molecule has 0 fully saturated rings. The Morgan fingerprint density at radius 2 is 1.32 bits per heavy atom. The van der Waals surface area contributed by atoms with Crippen LogP contribution in [0.25, 0.3) is 21.9 Å². The van der Waals surface area contributed by atoms with Crippen LogP contribution in [0, 0.1) is 6.92 Å². The van der Waals surface area contributed by atoms with Crippen LogP contribution in [0.4, 0.5) is 0 Å². The number of ether oxygens (including phenoxy) is 1. The first-order chi connectivity index (χ1) is 22.1. The van der Waals surface area contributed by atoms with Gasteiger partial charge < -0.3 is 22.7 Å². The van der Waals surface area contributed by atoms with Gasteiger partial charge in [0.25, 0.3) is 8.32 Å². The number of hydrogen-bond donors (Lipinski definition) is 0. The van der Waals surface area contributed by atoms with Gasteiger partial charge in [-0.1, -0.05) is 100 Å². The van der Waals surface area contributed by atoms with E-state index in [1.54, 1.807) is 7.11 Å². The minimum atomic E-state index is -2.32. The van der Waals surface area contributed by atoms with E-state index in [0.29, 0.717) is 22.5 Å². The fraction of sp³-hybridized carbons (Fsp3) is 0.450. The van der Waals surface area contributed by atoms with Crippen molar-refractivity contribution in [3.8, 4) is 39.9 Å². The number of hydrogen-bond acceptors (Lipinski definition) is 5. The molecule has 0 saturated carbocycles. The Balaban J connectivity index is 1.76. The van der Waals surface area contributed by atoms with Gasteiger partial charge in [-0.3, -0.25) is 0 Å². The monoisotopic (exact) mass is 672 g/mol. The molecule has 0 radical (unpaired) electrons. The molecule has 4 aromatic carbocycles. The normalized spacial score (nSPS) is 13.8. The zero-order valence-corrected chi connectivity index (χ0v) is 32.5. The lowest BCUT2D eigenvalue weighted by molar-refractivity contribution is 0.374. The van der Waals surface area contributed by atoms with E-state index in [9.17, 15) is 0 Å². The van der Waals surface area contributed by atoms with Crippen LogP contribution < -0.4 is 22.7 Å². The predicted octanol–water partition coefficient (Wildman–Crippen LogP) is 12.9. The highest BCUT2D eigenvalue weighted by atomic mass is 31.2. The lowest BCUT2D eigenvalue weighted by atomic mass is 9.83. The summed E-state index contributed by atoms with van der Waals surface area (Å²) < 4.78 is 33.4. The third-order valence-electron chi connectivity index (χ3n) is 9.72. The van der Waals surface area contributed by atoms with Crippen molar-refractivity contribution in [3.63, 3.8) is 0 Å². The van der Waals surface area contributed by atoms with Gasteiger partial charge >= 0.3 is 8.60 Å². The molecule has 0 amide bonds. The van der Waals surface area contributed by atoms with Gasteiger partial charge in [0, 0.05) is 16.7 Å². The molecule has 5 rings (SSSR count). The number of benzene rings is 4. The van der Waals surface area contributed by atoms with E-state index in [1.807, 2.05) is 24.3 Å². The van der Waals surface area contributed by atoms with Crippen molar-refractivity contribution in [2.24, 2.45) is 0 Å². The molecule has 0 unspecified atom stereocenters. The summed E-state index contributed by atoms with van der Waals surface area (Å²) in [7, 11) is -2.40. The Bertz CT molecular complexity index is 1690. The molecule has 47 heavy (non-hydrogen) atoms. The maximum Gasteiger partial charge on any atom is 0.530 e. The van der Waals surface area contributed by atoms with Crippen molar-refractivity contribution in [3.05, 3.63) is 77.4 Å². The Morgan fingerprint density at radius 1 is 0.745 bits per heavy atom. The Morgan fingerprint density at radius 3 is 1.81 bits per heavy atom. The second kappa shape index (κ2) is 13.4. The molecule has 7 heteroatoms. The van der Waals surface area contributed by atoms with Crippen LogP contribution in [-0.2, 0) is 5.41 Å². The highest BCUT2D eigenvalue weighted by Crippen LogP contribution is 2.56. The standard InChI is InChI=1S/C40H53O5PSi/c1-24(2)31-23-32(37(20-28(31)9)45-47(25(3)4,26(5)6)27(7)8)33-21-30(41-13)22-34(40(10,11)12)39(33)44-46-42-35-18-14-16-29-17-15-19-36(43-46)38(29)35/h14-27H,1-13H3. The molecule has 1 heterocycles. The van der Waals surface area contributed by atoms with Gasteiger partial charge in [0.05, 0.1) is 12.5 Å². The molecule has 0 aromatic heterocycles. The average molecular weight is 673 g/mol. The van der Waals surface area contributed by atoms with E-state index in [1.165, 1.54) is 11.1 Å². The first-order valence-electron chi connectivity index (χ1n) is 17.0. The van der Waals surface area contributed by atoms with Gasteiger partial charge in [0.15, 0.2) is 0 Å². The summed E-state index contributed by atoms with van der Waals surface area (Å²) in [5.41, 5.74) is 6.42. The predicted molar refractivity (Wildman–Crippen MR) is 200 cm³/mol. The summed E-state index contributed by atoms with van der Waals surface area (Å²) in [5.74, 6) is 4.26. The quantitative estimate of drug-likeness (QED) is 0.124. The molecule has 0 spiro atoms. The van der Waals surface area contributed by atoms with Crippen molar-refractivity contribution in [1.29, 1.82) is 0 Å². The van der Waals surface area contributed by atoms with Crippen LogP contribution in [0.1, 0.15) is 98.8 Å². The highest BCUT2D eigenvalue weighted by Gasteiger charge is 2.47. The summed E-state index contributed by atoms with van der Waals surface area (Å²) in [6.07, 6.45) is 0. The molecular weight excluding hydrogens is 619 g/mol. The lowest BCUT2D eigenvalue weighted by Gasteiger charge is -2.43. The SMILES string of the molecule is COc1cc(-c2cc(C(C)C)c(C)cc2O[Si](C(C)C)(C(C)C)C(C)C)c(OP2Oc3cccc4cccc(c34)O2)c(C(C)(C)C)c1. The van der Waals surface area contributed by atoms with Gasteiger partial charge in [0.2, 0.25) is 0 Å².